The maximum atomic E-state index is 4.45. The van der Waals surface area contributed by atoms with Gasteiger partial charge < -0.3 is 0 Å². The highest BCUT2D eigenvalue weighted by atomic mass is 14.5. The lowest BCUT2D eigenvalue weighted by Crippen LogP contribution is -2.45. The minimum atomic E-state index is 0.388. The van der Waals surface area contributed by atoms with Gasteiger partial charge in [-0.1, -0.05) is 52.0 Å². The average molecular weight is 272 g/mol. The highest BCUT2D eigenvalue weighted by Crippen LogP contribution is 2.57. The Hall–Kier alpha value is -0.520. The van der Waals surface area contributed by atoms with E-state index in [0.717, 1.165) is 23.7 Å². The van der Waals surface area contributed by atoms with Crippen molar-refractivity contribution < 1.29 is 0 Å². The van der Waals surface area contributed by atoms with E-state index < -0.39 is 0 Å². The van der Waals surface area contributed by atoms with Crippen molar-refractivity contribution >= 4 is 0 Å². The van der Waals surface area contributed by atoms with Gasteiger partial charge in [0, 0.05) is 0 Å². The first kappa shape index (κ1) is 14.4. The summed E-state index contributed by atoms with van der Waals surface area (Å²) in [5.41, 5.74) is 2.39. The van der Waals surface area contributed by atoms with Gasteiger partial charge in [0.15, 0.2) is 0 Å². The predicted octanol–water partition coefficient (Wildman–Crippen LogP) is 6.00. The Morgan fingerprint density at radius 1 is 1.20 bits per heavy atom. The predicted molar refractivity (Wildman–Crippen MR) is 87.5 cm³/mol. The second-order valence-corrected chi connectivity index (χ2v) is 8.76. The molecule has 20 heavy (non-hydrogen) atoms. The van der Waals surface area contributed by atoms with Crippen molar-refractivity contribution in [2.24, 2.45) is 34.5 Å². The first-order chi connectivity index (χ1) is 9.34. The van der Waals surface area contributed by atoms with Crippen LogP contribution >= 0.6 is 0 Å². The molecule has 2 saturated carbocycles. The SMILES string of the molecule is C=C1CCC[C@@]2(C)/C=C\[C@H]3[C@H](C)CC[C@@H](C[C@H]12)C3(C)C. The molecule has 3 aliphatic carbocycles. The van der Waals surface area contributed by atoms with Crippen LogP contribution in [0.5, 0.6) is 0 Å². The molecule has 2 bridgehead atoms. The number of allylic oxidation sites excluding steroid dienone is 3. The molecule has 0 amide bonds. The molecule has 0 spiro atoms. The average Bonchev–Trinajstić information content (AvgIpc) is 2.35. The monoisotopic (exact) mass is 272 g/mol. The molecule has 0 heterocycles. The zero-order chi connectivity index (χ0) is 14.5. The van der Waals surface area contributed by atoms with E-state index in [0.29, 0.717) is 10.8 Å². The molecule has 3 rings (SSSR count). The van der Waals surface area contributed by atoms with Gasteiger partial charge in [-0.25, -0.2) is 0 Å². The van der Waals surface area contributed by atoms with E-state index in [2.05, 4.69) is 46.4 Å². The molecule has 5 atom stereocenters. The van der Waals surface area contributed by atoms with Crippen LogP contribution in [0, 0.1) is 34.5 Å². The van der Waals surface area contributed by atoms with Gasteiger partial charge in [0.2, 0.25) is 0 Å². The standard InChI is InChI=1S/C20H32/c1-14-7-6-11-20(5)12-10-17-15(2)8-9-16(13-18(14)20)19(17,3)4/h10,12,15-18H,1,6-9,11,13H2,2-5H3/b12-10-/t15-,16+,17+,18-,20+/m1/s1. The normalized spacial score (nSPS) is 48.9. The van der Waals surface area contributed by atoms with Crippen molar-refractivity contribution in [3.63, 3.8) is 0 Å². The second-order valence-electron chi connectivity index (χ2n) is 8.76. The molecule has 0 unspecified atom stereocenters. The molecule has 0 aromatic rings. The quantitative estimate of drug-likeness (QED) is 0.475. The summed E-state index contributed by atoms with van der Waals surface area (Å²) < 4.78 is 0. The van der Waals surface area contributed by atoms with Crippen molar-refractivity contribution in [2.75, 3.05) is 0 Å². The number of rotatable bonds is 0. The fraction of sp³-hybridized carbons (Fsp3) is 0.800. The number of hydrogen-bond acceptors (Lipinski definition) is 0. The fourth-order valence-corrected chi connectivity index (χ4v) is 5.63. The van der Waals surface area contributed by atoms with Crippen LogP contribution in [0.3, 0.4) is 0 Å². The zero-order valence-electron chi connectivity index (χ0n) is 13.9. The van der Waals surface area contributed by atoms with Crippen LogP contribution in [0.15, 0.2) is 24.3 Å². The van der Waals surface area contributed by atoms with Crippen LogP contribution in [0.2, 0.25) is 0 Å². The minimum Gasteiger partial charge on any atom is -0.0995 e. The molecule has 3 aliphatic rings. The van der Waals surface area contributed by atoms with Crippen molar-refractivity contribution in [1.82, 2.24) is 0 Å². The van der Waals surface area contributed by atoms with E-state index in [4.69, 9.17) is 0 Å². The molecule has 0 saturated heterocycles. The molecule has 0 N–H and O–H groups in total. The lowest BCUT2D eigenvalue weighted by atomic mass is 9.51. The minimum absolute atomic E-state index is 0.388. The van der Waals surface area contributed by atoms with Crippen LogP contribution < -0.4 is 0 Å². The molecule has 0 heteroatoms. The first-order valence-corrected chi connectivity index (χ1v) is 8.71. The summed E-state index contributed by atoms with van der Waals surface area (Å²) in [4.78, 5) is 0. The molecule has 0 aromatic carbocycles. The summed E-state index contributed by atoms with van der Waals surface area (Å²) in [6.07, 6.45) is 13.4. The van der Waals surface area contributed by atoms with Gasteiger partial charge in [-0.05, 0) is 73.0 Å². The highest BCUT2D eigenvalue weighted by Gasteiger charge is 2.48. The topological polar surface area (TPSA) is 0 Å². The summed E-state index contributed by atoms with van der Waals surface area (Å²) in [6.45, 7) is 14.5. The van der Waals surface area contributed by atoms with Gasteiger partial charge in [0.25, 0.3) is 0 Å². The summed E-state index contributed by atoms with van der Waals surface area (Å²) in [5, 5.41) is 0. The van der Waals surface area contributed by atoms with E-state index in [1.807, 2.05) is 0 Å². The van der Waals surface area contributed by atoms with E-state index in [9.17, 15) is 0 Å². The number of hydrogen-bond donors (Lipinski definition) is 0. The molecule has 112 valence electrons. The summed E-state index contributed by atoms with van der Waals surface area (Å²) in [7, 11) is 0. The van der Waals surface area contributed by atoms with Crippen LogP contribution in [0.25, 0.3) is 0 Å². The zero-order valence-corrected chi connectivity index (χ0v) is 13.9. The summed E-state index contributed by atoms with van der Waals surface area (Å²) in [5.74, 6) is 3.23. The van der Waals surface area contributed by atoms with E-state index in [1.165, 1.54) is 44.1 Å². The largest absolute Gasteiger partial charge is 0.0995 e. The number of fused-ring (bicyclic) bond motifs is 3. The van der Waals surface area contributed by atoms with Gasteiger partial charge in [0.05, 0.1) is 0 Å². The van der Waals surface area contributed by atoms with E-state index in [-0.39, 0.29) is 0 Å². The lowest BCUT2D eigenvalue weighted by molar-refractivity contribution is 0.0139. The Bertz CT molecular complexity index is 427. The lowest BCUT2D eigenvalue weighted by Gasteiger charge is -2.53. The molecule has 0 nitrogen and oxygen atoms in total. The smallest absolute Gasteiger partial charge is 0.00809 e. The Kier molecular flexibility index (Phi) is 3.42. The first-order valence-electron chi connectivity index (χ1n) is 8.71. The van der Waals surface area contributed by atoms with Gasteiger partial charge in [-0.3, -0.25) is 0 Å². The Labute approximate surface area is 125 Å². The summed E-state index contributed by atoms with van der Waals surface area (Å²) in [6, 6.07) is 0. The van der Waals surface area contributed by atoms with Gasteiger partial charge in [-0.2, -0.15) is 0 Å². The van der Waals surface area contributed by atoms with Crippen LogP contribution in [-0.4, -0.2) is 0 Å². The highest BCUT2D eigenvalue weighted by molar-refractivity contribution is 5.20. The maximum Gasteiger partial charge on any atom is -0.00809 e. The molecule has 2 fully saturated rings. The van der Waals surface area contributed by atoms with Gasteiger partial charge in [-0.15, -0.1) is 0 Å². The third-order valence-corrected chi connectivity index (χ3v) is 7.20. The third kappa shape index (κ3) is 2.11. The van der Waals surface area contributed by atoms with Crippen molar-refractivity contribution in [1.29, 1.82) is 0 Å². The Balaban J connectivity index is 2.02. The summed E-state index contributed by atoms with van der Waals surface area (Å²) >= 11 is 0. The maximum absolute atomic E-state index is 4.45. The second kappa shape index (κ2) is 4.75. The van der Waals surface area contributed by atoms with Crippen molar-refractivity contribution in [3.05, 3.63) is 24.3 Å². The van der Waals surface area contributed by atoms with Crippen LogP contribution in [0.1, 0.15) is 66.2 Å². The van der Waals surface area contributed by atoms with Crippen LogP contribution in [-0.2, 0) is 0 Å². The molecular weight excluding hydrogens is 240 g/mol. The van der Waals surface area contributed by atoms with E-state index >= 15 is 0 Å². The van der Waals surface area contributed by atoms with Gasteiger partial charge in [0.1, 0.15) is 0 Å². The Morgan fingerprint density at radius 3 is 2.70 bits per heavy atom. The Morgan fingerprint density at radius 2 is 1.95 bits per heavy atom. The third-order valence-electron chi connectivity index (χ3n) is 7.20. The molecule has 0 aliphatic heterocycles. The molecule has 0 radical (unpaired) electrons. The van der Waals surface area contributed by atoms with E-state index in [1.54, 1.807) is 0 Å². The van der Waals surface area contributed by atoms with Crippen molar-refractivity contribution in [3.8, 4) is 0 Å². The van der Waals surface area contributed by atoms with Crippen molar-refractivity contribution in [2.45, 2.75) is 66.2 Å². The van der Waals surface area contributed by atoms with Gasteiger partial charge >= 0.3 is 0 Å². The molecular formula is C20H32. The van der Waals surface area contributed by atoms with Crippen LogP contribution in [0.4, 0.5) is 0 Å². The molecule has 0 aromatic heterocycles. The fourth-order valence-electron chi connectivity index (χ4n) is 5.63.